The molecule has 2 rings (SSSR count). The van der Waals surface area contributed by atoms with Gasteiger partial charge in [-0.25, -0.2) is 0 Å². The smallest absolute Gasteiger partial charge is 0.259 e. The van der Waals surface area contributed by atoms with Crippen molar-refractivity contribution in [3.05, 3.63) is 44.7 Å². The molecule has 0 saturated carbocycles. The Morgan fingerprint density at radius 1 is 1.50 bits per heavy atom. The Morgan fingerprint density at radius 2 is 2.25 bits per heavy atom. The number of anilines is 2. The van der Waals surface area contributed by atoms with Gasteiger partial charge in [0.25, 0.3) is 5.91 Å². The number of nitrogens with zero attached hydrogens (tertiary/aromatic N) is 1. The zero-order chi connectivity index (χ0) is 14.7. The van der Waals surface area contributed by atoms with Crippen LogP contribution < -0.4 is 10.6 Å². The van der Waals surface area contributed by atoms with Crippen LogP contribution in [0.4, 0.5) is 11.4 Å². The molecule has 0 saturated heterocycles. The van der Waals surface area contributed by atoms with E-state index in [1.165, 1.54) is 12.3 Å². The fraction of sp³-hybridized carbons (Fsp3) is 0.0769. The third-order valence-electron chi connectivity index (χ3n) is 2.60. The second-order valence-corrected chi connectivity index (χ2v) is 5.45. The quantitative estimate of drug-likeness (QED) is 0.543. The number of benzene rings is 1. The summed E-state index contributed by atoms with van der Waals surface area (Å²) in [6.45, 7) is 0. The minimum Gasteiger partial charge on any atom is -0.505 e. The number of carbonyl (C=O) groups excluding carboxylic acids is 1. The molecule has 0 aliphatic rings. The summed E-state index contributed by atoms with van der Waals surface area (Å²) in [6.07, 6.45) is 3.13. The van der Waals surface area contributed by atoms with E-state index in [1.54, 1.807) is 25.4 Å². The van der Waals surface area contributed by atoms with Crippen molar-refractivity contribution in [2.75, 3.05) is 17.7 Å². The lowest BCUT2D eigenvalue weighted by Gasteiger charge is -2.14. The van der Waals surface area contributed by atoms with Crippen LogP contribution in [0.5, 0.6) is 5.75 Å². The third-order valence-corrected chi connectivity index (χ3v) is 3.72. The van der Waals surface area contributed by atoms with Gasteiger partial charge in [0.15, 0.2) is 5.75 Å². The lowest BCUT2D eigenvalue weighted by Crippen LogP contribution is -2.15. The van der Waals surface area contributed by atoms with Crippen molar-refractivity contribution in [1.82, 2.24) is 4.98 Å². The molecule has 0 aliphatic heterocycles. The van der Waals surface area contributed by atoms with Gasteiger partial charge in [0.1, 0.15) is 0 Å². The lowest BCUT2D eigenvalue weighted by molar-refractivity contribution is 0.102. The van der Waals surface area contributed by atoms with Gasteiger partial charge >= 0.3 is 0 Å². The zero-order valence-electron chi connectivity index (χ0n) is 10.4. The van der Waals surface area contributed by atoms with E-state index in [-0.39, 0.29) is 16.3 Å². The van der Waals surface area contributed by atoms with Crippen LogP contribution >= 0.6 is 34.2 Å². The highest BCUT2D eigenvalue weighted by molar-refractivity contribution is 14.1. The summed E-state index contributed by atoms with van der Waals surface area (Å²) in [5.41, 5.74) is 1.04. The number of hydrogen-bond acceptors (Lipinski definition) is 4. The van der Waals surface area contributed by atoms with Gasteiger partial charge in [0.05, 0.1) is 31.7 Å². The molecule has 0 atom stereocenters. The van der Waals surface area contributed by atoms with E-state index in [1.807, 2.05) is 22.6 Å². The van der Waals surface area contributed by atoms with E-state index in [0.29, 0.717) is 14.9 Å². The molecule has 0 fully saturated rings. The number of carbonyl (C=O) groups is 1. The summed E-state index contributed by atoms with van der Waals surface area (Å²) in [6, 6.07) is 4.96. The molecule has 1 aromatic carbocycles. The van der Waals surface area contributed by atoms with E-state index in [2.05, 4.69) is 15.6 Å². The van der Waals surface area contributed by atoms with Crippen molar-refractivity contribution in [2.24, 2.45) is 0 Å². The average molecular weight is 404 g/mol. The number of aromatic nitrogens is 1. The van der Waals surface area contributed by atoms with Crippen LogP contribution in [-0.4, -0.2) is 23.0 Å². The molecule has 0 unspecified atom stereocenters. The molecule has 1 aromatic heterocycles. The van der Waals surface area contributed by atoms with Gasteiger partial charge in [-0.1, -0.05) is 11.6 Å². The summed E-state index contributed by atoms with van der Waals surface area (Å²) < 4.78 is 0.565. The predicted octanol–water partition coefficient (Wildman–Crippen LogP) is 3.34. The van der Waals surface area contributed by atoms with Crippen molar-refractivity contribution in [3.8, 4) is 5.75 Å². The predicted molar refractivity (Wildman–Crippen MR) is 87.6 cm³/mol. The summed E-state index contributed by atoms with van der Waals surface area (Å²) >= 11 is 8.06. The van der Waals surface area contributed by atoms with E-state index >= 15 is 0 Å². The number of hydrogen-bond donors (Lipinski definition) is 3. The summed E-state index contributed by atoms with van der Waals surface area (Å²) in [5.74, 6) is -0.423. The van der Waals surface area contributed by atoms with Crippen LogP contribution in [0.15, 0.2) is 30.6 Å². The highest BCUT2D eigenvalue weighted by atomic mass is 127. The van der Waals surface area contributed by atoms with Crippen molar-refractivity contribution in [3.63, 3.8) is 0 Å². The maximum absolute atomic E-state index is 12.3. The van der Waals surface area contributed by atoms with Crippen LogP contribution in [0, 0.1) is 3.57 Å². The normalized spacial score (nSPS) is 10.2. The zero-order valence-corrected chi connectivity index (χ0v) is 13.4. The molecule has 0 aliphatic carbocycles. The van der Waals surface area contributed by atoms with Crippen molar-refractivity contribution in [1.29, 1.82) is 0 Å². The Balaban J connectivity index is 2.42. The molecule has 0 spiro atoms. The molecule has 2 aromatic rings. The van der Waals surface area contributed by atoms with Crippen molar-refractivity contribution in [2.45, 2.75) is 0 Å². The van der Waals surface area contributed by atoms with Crippen molar-refractivity contribution >= 4 is 51.5 Å². The molecule has 0 bridgehead atoms. The number of aromatic hydroxyl groups is 1. The molecular formula is C13H11ClIN3O2. The average Bonchev–Trinajstić information content (AvgIpc) is 2.43. The highest BCUT2D eigenvalue weighted by Gasteiger charge is 2.20. The van der Waals surface area contributed by atoms with Gasteiger partial charge in [-0.15, -0.1) is 0 Å². The number of rotatable bonds is 3. The van der Waals surface area contributed by atoms with Gasteiger partial charge in [-0.3, -0.25) is 9.78 Å². The topological polar surface area (TPSA) is 74.2 Å². The molecule has 5 nitrogen and oxygen atoms in total. The first-order valence-corrected chi connectivity index (χ1v) is 7.10. The Hall–Kier alpha value is -1.54. The van der Waals surface area contributed by atoms with Crippen LogP contribution in [0.2, 0.25) is 5.02 Å². The first kappa shape index (κ1) is 14.9. The van der Waals surface area contributed by atoms with Gasteiger partial charge in [0.2, 0.25) is 0 Å². The lowest BCUT2D eigenvalue weighted by atomic mass is 10.1. The number of phenols is 1. The third kappa shape index (κ3) is 2.96. The van der Waals surface area contributed by atoms with E-state index in [0.717, 1.165) is 0 Å². The Labute approximate surface area is 134 Å². The fourth-order valence-electron chi connectivity index (χ4n) is 1.70. The number of pyridine rings is 1. The molecule has 20 heavy (non-hydrogen) atoms. The maximum atomic E-state index is 12.3. The number of halogens is 2. The summed E-state index contributed by atoms with van der Waals surface area (Å²) in [5, 5.41) is 15.7. The largest absolute Gasteiger partial charge is 0.505 e. The Bertz CT molecular complexity index is 650. The van der Waals surface area contributed by atoms with E-state index in [4.69, 9.17) is 11.6 Å². The molecule has 1 amide bonds. The number of amides is 1. The van der Waals surface area contributed by atoms with Gasteiger partial charge in [-0.05, 0) is 40.8 Å². The maximum Gasteiger partial charge on any atom is 0.259 e. The molecular weight excluding hydrogens is 393 g/mol. The number of phenolic OH excluding ortho intramolecular Hbond substituents is 1. The second kappa shape index (κ2) is 6.27. The highest BCUT2D eigenvalue weighted by Crippen LogP contribution is 2.37. The number of nitrogens with one attached hydrogen (secondary N) is 2. The molecule has 1 heterocycles. The van der Waals surface area contributed by atoms with Gasteiger partial charge in [-0.2, -0.15) is 0 Å². The van der Waals surface area contributed by atoms with Gasteiger partial charge in [0, 0.05) is 13.2 Å². The van der Waals surface area contributed by atoms with E-state index < -0.39 is 5.91 Å². The van der Waals surface area contributed by atoms with E-state index in [9.17, 15) is 9.90 Å². The minimum absolute atomic E-state index is 0.00571. The summed E-state index contributed by atoms with van der Waals surface area (Å²) in [7, 11) is 1.61. The second-order valence-electron chi connectivity index (χ2n) is 3.88. The Morgan fingerprint density at radius 3 is 2.85 bits per heavy atom. The van der Waals surface area contributed by atoms with Crippen LogP contribution in [-0.2, 0) is 0 Å². The van der Waals surface area contributed by atoms with Crippen LogP contribution in [0.3, 0.4) is 0 Å². The Kier molecular flexibility index (Phi) is 4.66. The standard InChI is InChI=1S/C13H11ClIN3O2/c1-16-11-10(8(14)5-9(15)12(11)19)13(20)18-7-3-2-4-17-6-7/h2-6,16,19H,1H3,(H,18,20). The SMILES string of the molecule is CNc1c(O)c(I)cc(Cl)c1C(=O)Nc1cccnc1. The first-order valence-electron chi connectivity index (χ1n) is 5.64. The molecule has 3 N–H and O–H groups in total. The minimum atomic E-state index is -0.418. The first-order chi connectivity index (χ1) is 9.54. The molecule has 7 heteroatoms. The fourth-order valence-corrected chi connectivity index (χ4v) is 2.76. The van der Waals surface area contributed by atoms with Crippen LogP contribution in [0.1, 0.15) is 10.4 Å². The monoisotopic (exact) mass is 403 g/mol. The van der Waals surface area contributed by atoms with Crippen LogP contribution in [0.25, 0.3) is 0 Å². The molecule has 104 valence electrons. The van der Waals surface area contributed by atoms with Crippen molar-refractivity contribution < 1.29 is 9.90 Å². The van der Waals surface area contributed by atoms with Gasteiger partial charge < -0.3 is 15.7 Å². The molecule has 0 radical (unpaired) electrons. The summed E-state index contributed by atoms with van der Waals surface area (Å²) in [4.78, 5) is 16.2.